The molecule has 2 aromatic rings. The van der Waals surface area contributed by atoms with Crippen molar-refractivity contribution < 1.29 is 4.39 Å². The van der Waals surface area contributed by atoms with E-state index in [1.165, 1.54) is 18.2 Å². The van der Waals surface area contributed by atoms with Gasteiger partial charge in [-0.2, -0.15) is 8.75 Å². The van der Waals surface area contributed by atoms with Crippen molar-refractivity contribution in [1.82, 2.24) is 8.75 Å². The van der Waals surface area contributed by atoms with Gasteiger partial charge in [0.05, 0.1) is 22.4 Å². The Balaban J connectivity index is 2.29. The smallest absolute Gasteiger partial charge is 0.187 e. The molecule has 0 amide bonds. The Labute approximate surface area is 99.2 Å². The van der Waals surface area contributed by atoms with Crippen molar-refractivity contribution in [3.8, 4) is 0 Å². The molecule has 0 aliphatic heterocycles. The Morgan fingerprint density at radius 2 is 2.07 bits per heavy atom. The van der Waals surface area contributed by atoms with Crippen molar-refractivity contribution >= 4 is 46.4 Å². The lowest BCUT2D eigenvalue weighted by molar-refractivity contribution is 0.628. The fourth-order valence-electron chi connectivity index (χ4n) is 0.971. The first-order chi connectivity index (χ1) is 7.16. The van der Waals surface area contributed by atoms with Gasteiger partial charge in [-0.25, -0.2) is 4.39 Å². The third-order valence-electron chi connectivity index (χ3n) is 1.63. The van der Waals surface area contributed by atoms with Crippen molar-refractivity contribution in [3.05, 3.63) is 34.2 Å². The maximum Gasteiger partial charge on any atom is 0.187 e. The minimum Gasteiger partial charge on any atom is -0.336 e. The molecular formula is C8H4Cl2FN3S. The molecule has 0 atom stereocenters. The van der Waals surface area contributed by atoms with Crippen molar-refractivity contribution in [2.24, 2.45) is 0 Å². The van der Waals surface area contributed by atoms with Crippen molar-refractivity contribution in [2.45, 2.75) is 0 Å². The number of hydrogen-bond acceptors (Lipinski definition) is 4. The molecule has 0 saturated heterocycles. The lowest BCUT2D eigenvalue weighted by Crippen LogP contribution is -1.92. The van der Waals surface area contributed by atoms with Crippen LogP contribution in [0.3, 0.4) is 0 Å². The number of aromatic nitrogens is 2. The summed E-state index contributed by atoms with van der Waals surface area (Å²) in [5.41, 5.74) is 0.535. The van der Waals surface area contributed by atoms with Crippen molar-refractivity contribution in [1.29, 1.82) is 0 Å². The summed E-state index contributed by atoms with van der Waals surface area (Å²) in [6.07, 6.45) is 0. The second-order valence-electron chi connectivity index (χ2n) is 2.65. The first kappa shape index (κ1) is 10.6. The van der Waals surface area contributed by atoms with E-state index in [9.17, 15) is 4.39 Å². The number of halogens is 3. The van der Waals surface area contributed by atoms with Crippen LogP contribution in [0.5, 0.6) is 0 Å². The summed E-state index contributed by atoms with van der Waals surface area (Å²) < 4.78 is 20.4. The highest BCUT2D eigenvalue weighted by atomic mass is 35.5. The molecule has 0 bridgehead atoms. The zero-order valence-electron chi connectivity index (χ0n) is 7.17. The van der Waals surface area contributed by atoms with Crippen LogP contribution in [-0.4, -0.2) is 8.75 Å². The van der Waals surface area contributed by atoms with E-state index in [0.717, 1.165) is 11.7 Å². The van der Waals surface area contributed by atoms with Gasteiger partial charge in [0.2, 0.25) is 0 Å². The van der Waals surface area contributed by atoms with Crippen LogP contribution in [0.1, 0.15) is 0 Å². The fourth-order valence-corrected chi connectivity index (χ4v) is 1.83. The van der Waals surface area contributed by atoms with Crippen LogP contribution < -0.4 is 5.32 Å². The highest BCUT2D eigenvalue weighted by Crippen LogP contribution is 2.28. The molecule has 78 valence electrons. The van der Waals surface area contributed by atoms with Gasteiger partial charge in [0.1, 0.15) is 5.82 Å². The van der Waals surface area contributed by atoms with Crippen molar-refractivity contribution in [3.63, 3.8) is 0 Å². The zero-order valence-corrected chi connectivity index (χ0v) is 9.50. The number of nitrogens with zero attached hydrogens (tertiary/aromatic N) is 2. The molecular weight excluding hydrogens is 260 g/mol. The van der Waals surface area contributed by atoms with Crippen LogP contribution >= 0.6 is 34.9 Å². The molecule has 1 N–H and O–H groups in total. The average molecular weight is 264 g/mol. The van der Waals surface area contributed by atoms with E-state index in [1.54, 1.807) is 0 Å². The maximum absolute atomic E-state index is 12.7. The molecule has 15 heavy (non-hydrogen) atoms. The van der Waals surface area contributed by atoms with Crippen LogP contribution in [-0.2, 0) is 0 Å². The molecule has 7 heteroatoms. The van der Waals surface area contributed by atoms with Gasteiger partial charge in [0.25, 0.3) is 0 Å². The normalized spacial score (nSPS) is 10.3. The van der Waals surface area contributed by atoms with Gasteiger partial charge in [-0.15, -0.1) is 0 Å². The number of benzene rings is 1. The maximum atomic E-state index is 12.7. The topological polar surface area (TPSA) is 37.8 Å². The Kier molecular flexibility index (Phi) is 3.04. The van der Waals surface area contributed by atoms with Crippen LogP contribution in [0, 0.1) is 5.82 Å². The summed E-state index contributed by atoms with van der Waals surface area (Å²) in [5.74, 6) is 0.0169. The van der Waals surface area contributed by atoms with Gasteiger partial charge < -0.3 is 5.32 Å². The minimum atomic E-state index is -0.395. The van der Waals surface area contributed by atoms with E-state index in [2.05, 4.69) is 14.1 Å². The van der Waals surface area contributed by atoms with Crippen LogP contribution in [0.25, 0.3) is 0 Å². The van der Waals surface area contributed by atoms with Gasteiger partial charge in [0.15, 0.2) is 11.0 Å². The largest absolute Gasteiger partial charge is 0.336 e. The highest BCUT2D eigenvalue weighted by Gasteiger charge is 2.08. The third-order valence-corrected chi connectivity index (χ3v) is 2.84. The number of nitrogens with one attached hydrogen (secondary N) is 1. The molecule has 1 aromatic heterocycles. The molecule has 0 radical (unpaired) electrons. The Bertz CT molecular complexity index is 488. The zero-order chi connectivity index (χ0) is 10.8. The molecule has 3 nitrogen and oxygen atoms in total. The van der Waals surface area contributed by atoms with E-state index in [-0.39, 0.29) is 10.2 Å². The van der Waals surface area contributed by atoms with Gasteiger partial charge >= 0.3 is 0 Å². The van der Waals surface area contributed by atoms with Gasteiger partial charge in [-0.1, -0.05) is 23.2 Å². The van der Waals surface area contributed by atoms with Crippen LogP contribution in [0.15, 0.2) is 18.2 Å². The second-order valence-corrected chi connectivity index (χ2v) is 3.95. The monoisotopic (exact) mass is 263 g/mol. The molecule has 1 aromatic carbocycles. The second kappa shape index (κ2) is 4.30. The van der Waals surface area contributed by atoms with Gasteiger partial charge in [-0.3, -0.25) is 0 Å². The van der Waals surface area contributed by atoms with E-state index in [1.807, 2.05) is 0 Å². The molecule has 0 unspecified atom stereocenters. The summed E-state index contributed by atoms with van der Waals surface area (Å²) in [7, 11) is 0. The van der Waals surface area contributed by atoms with Crippen LogP contribution in [0.2, 0.25) is 10.2 Å². The highest BCUT2D eigenvalue weighted by molar-refractivity contribution is 6.99. The Morgan fingerprint density at radius 3 is 2.67 bits per heavy atom. The Morgan fingerprint density at radius 1 is 1.27 bits per heavy atom. The quantitative estimate of drug-likeness (QED) is 0.898. The van der Waals surface area contributed by atoms with E-state index in [4.69, 9.17) is 23.2 Å². The lowest BCUT2D eigenvalue weighted by atomic mass is 10.3. The predicted octanol–water partition coefficient (Wildman–Crippen LogP) is 3.73. The molecule has 0 fully saturated rings. The summed E-state index contributed by atoms with van der Waals surface area (Å²) in [6, 6.07) is 4.01. The van der Waals surface area contributed by atoms with Crippen molar-refractivity contribution in [2.75, 3.05) is 5.32 Å². The number of anilines is 2. The summed E-state index contributed by atoms with van der Waals surface area (Å²) in [6.45, 7) is 0. The molecule has 1 heterocycles. The van der Waals surface area contributed by atoms with Gasteiger partial charge in [-0.05, 0) is 18.2 Å². The first-order valence-corrected chi connectivity index (χ1v) is 5.35. The van der Waals surface area contributed by atoms with E-state index >= 15 is 0 Å². The SMILES string of the molecule is Fc1ccc(Nc2nsnc2Cl)c(Cl)c1. The summed E-state index contributed by atoms with van der Waals surface area (Å²) >= 11 is 12.5. The summed E-state index contributed by atoms with van der Waals surface area (Å²) in [4.78, 5) is 0. The number of hydrogen-bond donors (Lipinski definition) is 1. The minimum absolute atomic E-state index is 0.263. The Hall–Kier alpha value is -0.910. The molecule has 0 aliphatic rings. The lowest BCUT2D eigenvalue weighted by Gasteiger charge is -2.04. The molecule has 0 spiro atoms. The van der Waals surface area contributed by atoms with E-state index in [0.29, 0.717) is 11.5 Å². The molecule has 0 aliphatic carbocycles. The molecule has 2 rings (SSSR count). The van der Waals surface area contributed by atoms with Gasteiger partial charge in [0, 0.05) is 0 Å². The number of rotatable bonds is 2. The third kappa shape index (κ3) is 2.37. The fraction of sp³-hybridized carbons (Fsp3) is 0. The standard InChI is InChI=1S/C8H4Cl2FN3S/c9-5-3-4(11)1-2-6(5)12-8-7(10)13-15-14-8/h1-3H,(H,12,14). The first-order valence-electron chi connectivity index (χ1n) is 3.87. The molecule has 0 saturated carbocycles. The van der Waals surface area contributed by atoms with Crippen LogP contribution in [0.4, 0.5) is 15.9 Å². The summed E-state index contributed by atoms with van der Waals surface area (Å²) in [5, 5.41) is 3.38. The van der Waals surface area contributed by atoms with E-state index < -0.39 is 5.82 Å². The predicted molar refractivity (Wildman–Crippen MR) is 59.6 cm³/mol. The average Bonchev–Trinajstić information content (AvgIpc) is 2.57.